The van der Waals surface area contributed by atoms with Crippen LogP contribution in [-0.4, -0.2) is 0 Å². The molecule has 1 heteroatoms. The van der Waals surface area contributed by atoms with E-state index in [9.17, 15) is 0 Å². The van der Waals surface area contributed by atoms with Crippen molar-refractivity contribution in [3.63, 3.8) is 0 Å². The molecule has 0 amide bonds. The van der Waals surface area contributed by atoms with Crippen LogP contribution >= 0.6 is 0 Å². The van der Waals surface area contributed by atoms with Crippen molar-refractivity contribution < 1.29 is 0 Å². The summed E-state index contributed by atoms with van der Waals surface area (Å²) in [6.07, 6.45) is 2.26. The summed E-state index contributed by atoms with van der Waals surface area (Å²) < 4.78 is 0. The maximum absolute atomic E-state index is 8.96. The quantitative estimate of drug-likeness (QED) is 0.743. The van der Waals surface area contributed by atoms with Gasteiger partial charge in [-0.1, -0.05) is 33.3 Å². The zero-order valence-electron chi connectivity index (χ0n) is 11.0. The first-order chi connectivity index (χ1) is 7.39. The van der Waals surface area contributed by atoms with E-state index < -0.39 is 0 Å². The number of aryl methyl sites for hydroxylation is 2. The SMILES string of the molecule is CCC(C)(C)Cc1cc(C)c(C#N)cc1C. The molecule has 0 atom stereocenters. The molecule has 1 aromatic rings. The zero-order valence-corrected chi connectivity index (χ0v) is 11.0. The van der Waals surface area contributed by atoms with Gasteiger partial charge in [-0.2, -0.15) is 5.26 Å². The van der Waals surface area contributed by atoms with Gasteiger partial charge in [0.05, 0.1) is 11.6 Å². The fraction of sp³-hybridized carbons (Fsp3) is 0.533. The molecule has 1 aromatic carbocycles. The van der Waals surface area contributed by atoms with Crippen molar-refractivity contribution in [2.75, 3.05) is 0 Å². The van der Waals surface area contributed by atoms with Crippen LogP contribution in [0.1, 0.15) is 49.4 Å². The Morgan fingerprint density at radius 2 is 1.81 bits per heavy atom. The highest BCUT2D eigenvalue weighted by Crippen LogP contribution is 2.28. The lowest BCUT2D eigenvalue weighted by Gasteiger charge is -2.24. The van der Waals surface area contributed by atoms with E-state index in [1.54, 1.807) is 0 Å². The minimum absolute atomic E-state index is 0.339. The summed E-state index contributed by atoms with van der Waals surface area (Å²) in [7, 11) is 0. The van der Waals surface area contributed by atoms with E-state index in [0.717, 1.165) is 17.5 Å². The summed E-state index contributed by atoms with van der Waals surface area (Å²) >= 11 is 0. The van der Waals surface area contributed by atoms with E-state index >= 15 is 0 Å². The number of hydrogen-bond acceptors (Lipinski definition) is 1. The Kier molecular flexibility index (Phi) is 3.75. The molecule has 0 aliphatic heterocycles. The van der Waals surface area contributed by atoms with Crippen molar-refractivity contribution in [2.45, 2.75) is 47.5 Å². The van der Waals surface area contributed by atoms with Crippen LogP contribution in [0.2, 0.25) is 0 Å². The molecule has 0 aromatic heterocycles. The number of hydrogen-bond donors (Lipinski definition) is 0. The van der Waals surface area contributed by atoms with Crippen molar-refractivity contribution in [2.24, 2.45) is 5.41 Å². The van der Waals surface area contributed by atoms with Gasteiger partial charge < -0.3 is 0 Å². The topological polar surface area (TPSA) is 23.8 Å². The summed E-state index contributed by atoms with van der Waals surface area (Å²) in [5.74, 6) is 0. The zero-order chi connectivity index (χ0) is 12.3. The Morgan fingerprint density at radius 3 is 2.31 bits per heavy atom. The van der Waals surface area contributed by atoms with Gasteiger partial charge in [0, 0.05) is 0 Å². The molecule has 0 bridgehead atoms. The molecule has 0 saturated heterocycles. The van der Waals surface area contributed by atoms with Gasteiger partial charge in [-0.3, -0.25) is 0 Å². The van der Waals surface area contributed by atoms with Crippen LogP contribution < -0.4 is 0 Å². The van der Waals surface area contributed by atoms with Crippen molar-refractivity contribution in [3.05, 3.63) is 34.4 Å². The normalized spacial score (nSPS) is 11.2. The predicted molar refractivity (Wildman–Crippen MR) is 68.4 cm³/mol. The minimum atomic E-state index is 0.339. The second kappa shape index (κ2) is 4.70. The van der Waals surface area contributed by atoms with Crippen LogP contribution in [0.25, 0.3) is 0 Å². The predicted octanol–water partition coefficient (Wildman–Crippen LogP) is 4.15. The van der Waals surface area contributed by atoms with Gasteiger partial charge in [-0.15, -0.1) is 0 Å². The van der Waals surface area contributed by atoms with Crippen molar-refractivity contribution >= 4 is 0 Å². The Morgan fingerprint density at radius 1 is 1.19 bits per heavy atom. The smallest absolute Gasteiger partial charge is 0.0994 e. The Labute approximate surface area is 99.1 Å². The highest BCUT2D eigenvalue weighted by Gasteiger charge is 2.17. The molecule has 0 unspecified atom stereocenters. The van der Waals surface area contributed by atoms with Gasteiger partial charge in [0.25, 0.3) is 0 Å². The molecule has 0 radical (unpaired) electrons. The molecule has 0 heterocycles. The first kappa shape index (κ1) is 12.8. The largest absolute Gasteiger partial charge is 0.192 e. The minimum Gasteiger partial charge on any atom is -0.192 e. The summed E-state index contributed by atoms with van der Waals surface area (Å²) in [5.41, 5.74) is 4.85. The molecule has 0 saturated carbocycles. The molecule has 0 fully saturated rings. The molecule has 86 valence electrons. The van der Waals surface area contributed by atoms with Crippen LogP contribution in [0.15, 0.2) is 12.1 Å². The molecular formula is C15H21N. The number of nitrogens with zero attached hydrogens (tertiary/aromatic N) is 1. The third-order valence-corrected chi connectivity index (χ3v) is 3.43. The first-order valence-electron chi connectivity index (χ1n) is 5.90. The van der Waals surface area contributed by atoms with Crippen molar-refractivity contribution in [1.82, 2.24) is 0 Å². The number of rotatable bonds is 3. The summed E-state index contributed by atoms with van der Waals surface area (Å²) in [6, 6.07) is 6.42. The average Bonchev–Trinajstić information content (AvgIpc) is 2.22. The molecule has 1 nitrogen and oxygen atoms in total. The van der Waals surface area contributed by atoms with Gasteiger partial charge in [0.2, 0.25) is 0 Å². The van der Waals surface area contributed by atoms with Gasteiger partial charge in [-0.25, -0.2) is 0 Å². The molecule has 16 heavy (non-hydrogen) atoms. The fourth-order valence-electron chi connectivity index (χ4n) is 1.83. The maximum atomic E-state index is 8.96. The van der Waals surface area contributed by atoms with E-state index in [2.05, 4.69) is 39.8 Å². The van der Waals surface area contributed by atoms with Gasteiger partial charge in [0.15, 0.2) is 0 Å². The van der Waals surface area contributed by atoms with Gasteiger partial charge in [-0.05, 0) is 48.4 Å². The van der Waals surface area contributed by atoms with E-state index in [1.165, 1.54) is 17.5 Å². The van der Waals surface area contributed by atoms with Crippen LogP contribution in [0.5, 0.6) is 0 Å². The second-order valence-corrected chi connectivity index (χ2v) is 5.40. The van der Waals surface area contributed by atoms with Crippen LogP contribution in [-0.2, 0) is 6.42 Å². The lowest BCUT2D eigenvalue weighted by atomic mass is 9.81. The lowest BCUT2D eigenvalue weighted by Crippen LogP contribution is -2.14. The number of benzene rings is 1. The molecule has 0 aliphatic carbocycles. The Balaban J connectivity index is 3.09. The van der Waals surface area contributed by atoms with Crippen LogP contribution in [0.3, 0.4) is 0 Å². The molecular weight excluding hydrogens is 194 g/mol. The first-order valence-corrected chi connectivity index (χ1v) is 5.90. The van der Waals surface area contributed by atoms with E-state index in [-0.39, 0.29) is 0 Å². The third kappa shape index (κ3) is 2.85. The van der Waals surface area contributed by atoms with Gasteiger partial charge >= 0.3 is 0 Å². The molecule has 0 aliphatic rings. The number of nitriles is 1. The third-order valence-electron chi connectivity index (χ3n) is 3.43. The second-order valence-electron chi connectivity index (χ2n) is 5.40. The van der Waals surface area contributed by atoms with Crippen LogP contribution in [0.4, 0.5) is 0 Å². The fourth-order valence-corrected chi connectivity index (χ4v) is 1.83. The monoisotopic (exact) mass is 215 g/mol. The highest BCUT2D eigenvalue weighted by atomic mass is 14.3. The summed E-state index contributed by atoms with van der Waals surface area (Å²) in [4.78, 5) is 0. The standard InChI is InChI=1S/C15H21N/c1-6-15(4,5)9-13-7-12(3)14(10-16)8-11(13)2/h7-8H,6,9H2,1-5H3. The van der Waals surface area contributed by atoms with Gasteiger partial charge in [0.1, 0.15) is 0 Å². The Hall–Kier alpha value is -1.29. The molecule has 0 N–H and O–H groups in total. The summed E-state index contributed by atoms with van der Waals surface area (Å²) in [5, 5.41) is 8.96. The van der Waals surface area contributed by atoms with Crippen molar-refractivity contribution in [3.8, 4) is 6.07 Å². The lowest BCUT2D eigenvalue weighted by molar-refractivity contribution is 0.348. The van der Waals surface area contributed by atoms with Crippen LogP contribution in [0, 0.1) is 30.6 Å². The average molecular weight is 215 g/mol. The maximum Gasteiger partial charge on any atom is 0.0994 e. The molecule has 1 rings (SSSR count). The van der Waals surface area contributed by atoms with E-state index in [1.807, 2.05) is 13.0 Å². The highest BCUT2D eigenvalue weighted by molar-refractivity contribution is 5.44. The molecule has 0 spiro atoms. The Bertz CT molecular complexity index is 422. The van der Waals surface area contributed by atoms with E-state index in [0.29, 0.717) is 5.41 Å². The summed E-state index contributed by atoms with van der Waals surface area (Å²) in [6.45, 7) is 10.9. The van der Waals surface area contributed by atoms with E-state index in [4.69, 9.17) is 5.26 Å². The van der Waals surface area contributed by atoms with Crippen molar-refractivity contribution in [1.29, 1.82) is 5.26 Å².